The molecular formula is C17H25ClN2O. The van der Waals surface area contributed by atoms with Crippen molar-refractivity contribution in [2.45, 2.75) is 69.8 Å². The lowest BCUT2D eigenvalue weighted by atomic mass is 9.85. The Morgan fingerprint density at radius 3 is 2.38 bits per heavy atom. The van der Waals surface area contributed by atoms with Crippen molar-refractivity contribution in [1.82, 2.24) is 9.97 Å². The largest absolute Gasteiger partial charge is 0.373 e. The van der Waals surface area contributed by atoms with E-state index in [0.717, 1.165) is 11.5 Å². The lowest BCUT2D eigenvalue weighted by molar-refractivity contribution is 0.0287. The average molecular weight is 309 g/mol. The molecule has 0 saturated heterocycles. The van der Waals surface area contributed by atoms with Crippen LogP contribution in [0.15, 0.2) is 6.07 Å². The summed E-state index contributed by atoms with van der Waals surface area (Å²) in [5, 5.41) is 0.569. The second-order valence-electron chi connectivity index (χ2n) is 6.51. The van der Waals surface area contributed by atoms with E-state index in [9.17, 15) is 0 Å². The maximum Gasteiger partial charge on any atom is 0.159 e. The van der Waals surface area contributed by atoms with Crippen LogP contribution in [0.3, 0.4) is 0 Å². The van der Waals surface area contributed by atoms with E-state index in [0.29, 0.717) is 17.0 Å². The predicted molar refractivity (Wildman–Crippen MR) is 84.6 cm³/mol. The van der Waals surface area contributed by atoms with E-state index < -0.39 is 0 Å². The highest BCUT2D eigenvalue weighted by atomic mass is 35.5. The summed E-state index contributed by atoms with van der Waals surface area (Å²) in [5.41, 5.74) is 1.13. The van der Waals surface area contributed by atoms with E-state index in [1.54, 1.807) is 7.11 Å². The molecule has 1 aromatic rings. The maximum absolute atomic E-state index is 6.26. The standard InChI is InChI=1S/C17H25ClN2O/c1-21-16(13-9-3-2-4-10-13)17-19-14(11-15(18)20-17)12-7-5-6-8-12/h11-13,16H,2-10H2,1H3. The number of rotatable bonds is 4. The number of halogens is 1. The van der Waals surface area contributed by atoms with Crippen molar-refractivity contribution in [2.75, 3.05) is 7.11 Å². The van der Waals surface area contributed by atoms with Crippen molar-refractivity contribution in [3.8, 4) is 0 Å². The molecular weight excluding hydrogens is 284 g/mol. The van der Waals surface area contributed by atoms with Gasteiger partial charge in [-0.2, -0.15) is 0 Å². The Morgan fingerprint density at radius 2 is 1.71 bits per heavy atom. The van der Waals surface area contributed by atoms with Gasteiger partial charge in [-0.1, -0.05) is 43.7 Å². The third-order valence-electron chi connectivity index (χ3n) is 5.09. The minimum atomic E-state index is 0.00385. The van der Waals surface area contributed by atoms with Crippen LogP contribution in [0.2, 0.25) is 5.15 Å². The summed E-state index contributed by atoms with van der Waals surface area (Å²) < 4.78 is 5.76. The minimum Gasteiger partial charge on any atom is -0.373 e. The first-order valence-electron chi connectivity index (χ1n) is 8.35. The number of nitrogens with zero attached hydrogens (tertiary/aromatic N) is 2. The SMILES string of the molecule is COC(c1nc(Cl)cc(C2CCCC2)n1)C1CCCCC1. The van der Waals surface area contributed by atoms with E-state index >= 15 is 0 Å². The summed E-state index contributed by atoms with van der Waals surface area (Å²) in [7, 11) is 1.78. The lowest BCUT2D eigenvalue weighted by Gasteiger charge is -2.28. The van der Waals surface area contributed by atoms with E-state index in [1.165, 1.54) is 57.8 Å². The fourth-order valence-electron chi connectivity index (χ4n) is 3.96. The highest BCUT2D eigenvalue weighted by Gasteiger charge is 2.29. The average Bonchev–Trinajstić information content (AvgIpc) is 3.03. The first kappa shape index (κ1) is 15.2. The topological polar surface area (TPSA) is 35.0 Å². The monoisotopic (exact) mass is 308 g/mol. The van der Waals surface area contributed by atoms with Gasteiger partial charge in [0.2, 0.25) is 0 Å². The molecule has 2 aliphatic rings. The zero-order chi connectivity index (χ0) is 14.7. The molecule has 3 rings (SSSR count). The molecule has 1 aromatic heterocycles. The highest BCUT2D eigenvalue weighted by Crippen LogP contribution is 2.38. The molecule has 0 N–H and O–H groups in total. The Labute approximate surface area is 132 Å². The molecule has 3 nitrogen and oxygen atoms in total. The molecule has 116 valence electrons. The van der Waals surface area contributed by atoms with Crippen LogP contribution in [0, 0.1) is 5.92 Å². The molecule has 0 spiro atoms. The number of hydrogen-bond donors (Lipinski definition) is 0. The molecule has 1 heterocycles. The second kappa shape index (κ2) is 7.06. The van der Waals surface area contributed by atoms with Gasteiger partial charge >= 0.3 is 0 Å². The van der Waals surface area contributed by atoms with Crippen LogP contribution < -0.4 is 0 Å². The van der Waals surface area contributed by atoms with Crippen LogP contribution in [0.1, 0.15) is 81.3 Å². The van der Waals surface area contributed by atoms with Gasteiger partial charge in [-0.25, -0.2) is 9.97 Å². The Kier molecular flexibility index (Phi) is 5.12. The summed E-state index contributed by atoms with van der Waals surface area (Å²) >= 11 is 6.26. The molecule has 21 heavy (non-hydrogen) atoms. The fourth-order valence-corrected chi connectivity index (χ4v) is 4.16. The van der Waals surface area contributed by atoms with Crippen LogP contribution >= 0.6 is 11.6 Å². The quantitative estimate of drug-likeness (QED) is 0.730. The summed E-state index contributed by atoms with van der Waals surface area (Å²) in [6.07, 6.45) is 11.4. The zero-order valence-corrected chi connectivity index (χ0v) is 13.6. The van der Waals surface area contributed by atoms with Gasteiger partial charge in [0.05, 0.1) is 0 Å². The number of methoxy groups -OCH3 is 1. The lowest BCUT2D eigenvalue weighted by Crippen LogP contribution is -2.21. The van der Waals surface area contributed by atoms with Crippen molar-refractivity contribution in [2.24, 2.45) is 5.92 Å². The maximum atomic E-state index is 6.26. The van der Waals surface area contributed by atoms with Gasteiger partial charge in [-0.15, -0.1) is 0 Å². The number of hydrogen-bond acceptors (Lipinski definition) is 3. The second-order valence-corrected chi connectivity index (χ2v) is 6.90. The summed E-state index contributed by atoms with van der Waals surface area (Å²) in [5.74, 6) is 1.91. The van der Waals surface area contributed by atoms with Crippen LogP contribution in [0.25, 0.3) is 0 Å². The molecule has 0 bridgehead atoms. The summed E-state index contributed by atoms with van der Waals surface area (Å²) in [6, 6.07) is 1.95. The summed E-state index contributed by atoms with van der Waals surface area (Å²) in [6.45, 7) is 0. The van der Waals surface area contributed by atoms with Gasteiger partial charge in [0.15, 0.2) is 5.82 Å². The Hall–Kier alpha value is -0.670. The Morgan fingerprint density at radius 1 is 1.05 bits per heavy atom. The molecule has 0 radical (unpaired) electrons. The fraction of sp³-hybridized carbons (Fsp3) is 0.765. The van der Waals surface area contributed by atoms with E-state index in [-0.39, 0.29) is 6.10 Å². The van der Waals surface area contributed by atoms with Crippen molar-refractivity contribution in [1.29, 1.82) is 0 Å². The first-order chi connectivity index (χ1) is 10.3. The van der Waals surface area contributed by atoms with Crippen molar-refractivity contribution >= 4 is 11.6 Å². The smallest absolute Gasteiger partial charge is 0.159 e. The normalized spacial score (nSPS) is 22.6. The van der Waals surface area contributed by atoms with Gasteiger partial charge in [-0.3, -0.25) is 0 Å². The van der Waals surface area contributed by atoms with Gasteiger partial charge in [-0.05, 0) is 37.7 Å². The van der Waals surface area contributed by atoms with Crippen LogP contribution in [-0.4, -0.2) is 17.1 Å². The molecule has 0 aliphatic heterocycles. The van der Waals surface area contributed by atoms with Gasteiger partial charge in [0.1, 0.15) is 11.3 Å². The molecule has 4 heteroatoms. The van der Waals surface area contributed by atoms with E-state index in [1.807, 2.05) is 6.07 Å². The van der Waals surface area contributed by atoms with Gasteiger partial charge < -0.3 is 4.74 Å². The van der Waals surface area contributed by atoms with Crippen molar-refractivity contribution in [3.63, 3.8) is 0 Å². The number of ether oxygens (including phenoxy) is 1. The molecule has 0 amide bonds. The Bertz CT molecular complexity index is 468. The summed E-state index contributed by atoms with van der Waals surface area (Å²) in [4.78, 5) is 9.32. The van der Waals surface area contributed by atoms with Crippen molar-refractivity contribution < 1.29 is 4.74 Å². The Balaban J connectivity index is 1.84. The molecule has 1 unspecified atom stereocenters. The molecule has 0 aromatic carbocycles. The number of aromatic nitrogens is 2. The van der Waals surface area contributed by atoms with Gasteiger partial charge in [0.25, 0.3) is 0 Å². The van der Waals surface area contributed by atoms with E-state index in [4.69, 9.17) is 21.3 Å². The minimum absolute atomic E-state index is 0.00385. The third kappa shape index (κ3) is 3.57. The first-order valence-corrected chi connectivity index (χ1v) is 8.73. The predicted octanol–water partition coefficient (Wildman–Crippen LogP) is 5.06. The molecule has 1 atom stereocenters. The highest BCUT2D eigenvalue weighted by molar-refractivity contribution is 6.29. The van der Waals surface area contributed by atoms with E-state index in [2.05, 4.69) is 4.98 Å². The van der Waals surface area contributed by atoms with Crippen molar-refractivity contribution in [3.05, 3.63) is 22.7 Å². The van der Waals surface area contributed by atoms with Crippen LogP contribution in [-0.2, 0) is 4.74 Å². The van der Waals surface area contributed by atoms with Gasteiger partial charge in [0, 0.05) is 18.7 Å². The molecule has 2 fully saturated rings. The molecule has 2 aliphatic carbocycles. The zero-order valence-electron chi connectivity index (χ0n) is 12.9. The van der Waals surface area contributed by atoms with Crippen LogP contribution in [0.5, 0.6) is 0 Å². The third-order valence-corrected chi connectivity index (χ3v) is 5.29. The van der Waals surface area contributed by atoms with Crippen LogP contribution in [0.4, 0.5) is 0 Å². The molecule has 2 saturated carbocycles.